The van der Waals surface area contributed by atoms with Gasteiger partial charge in [0, 0.05) is 12.6 Å². The van der Waals surface area contributed by atoms with Gasteiger partial charge in [-0.3, -0.25) is 4.99 Å². The first-order chi connectivity index (χ1) is 5.27. The lowest BCUT2D eigenvalue weighted by molar-refractivity contribution is 0.659. The highest BCUT2D eigenvalue weighted by Gasteiger charge is 2.20. The van der Waals surface area contributed by atoms with Crippen LogP contribution in [0.4, 0.5) is 0 Å². The van der Waals surface area contributed by atoms with Gasteiger partial charge in [0.1, 0.15) is 16.8 Å². The van der Waals surface area contributed by atoms with E-state index in [1.807, 2.05) is 6.92 Å². The van der Waals surface area contributed by atoms with Crippen molar-refractivity contribution in [1.29, 1.82) is 0 Å². The van der Waals surface area contributed by atoms with Crippen LogP contribution in [-0.2, 0) is 0 Å². The van der Waals surface area contributed by atoms with Crippen LogP contribution in [0, 0.1) is 0 Å². The Labute approximate surface area is 82.2 Å². The molecule has 12 heavy (non-hydrogen) atoms. The van der Waals surface area contributed by atoms with Crippen molar-refractivity contribution in [1.82, 2.24) is 4.90 Å². The second-order valence-electron chi connectivity index (χ2n) is 2.52. The lowest BCUT2D eigenvalue weighted by Gasteiger charge is -2.20. The maximum absolute atomic E-state index is 5.74. The summed E-state index contributed by atoms with van der Waals surface area (Å²) < 4.78 is 0. The van der Waals surface area contributed by atoms with E-state index >= 15 is 0 Å². The molecule has 2 aliphatic rings. The van der Waals surface area contributed by atoms with Gasteiger partial charge in [-0.2, -0.15) is 0 Å². The third-order valence-corrected chi connectivity index (χ3v) is 1.98. The van der Waals surface area contributed by atoms with Gasteiger partial charge < -0.3 is 4.90 Å². The fourth-order valence-corrected chi connectivity index (χ4v) is 1.49. The Bertz CT molecular complexity index is 280. The molecule has 0 unspecified atom stereocenters. The van der Waals surface area contributed by atoms with Gasteiger partial charge >= 0.3 is 0 Å². The number of nitrogens with zero attached hydrogens (tertiary/aromatic N) is 3. The fourth-order valence-electron chi connectivity index (χ4n) is 1.27. The van der Waals surface area contributed by atoms with Crippen LogP contribution in [0.5, 0.6) is 0 Å². The van der Waals surface area contributed by atoms with Gasteiger partial charge in [-0.05, 0) is 6.92 Å². The highest BCUT2D eigenvalue weighted by molar-refractivity contribution is 6.33. The van der Waals surface area contributed by atoms with Crippen LogP contribution >= 0.6 is 24.0 Å². The van der Waals surface area contributed by atoms with Crippen LogP contribution < -0.4 is 0 Å². The number of hydrogen-bond donors (Lipinski definition) is 0. The molecule has 5 heteroatoms. The third-order valence-electron chi connectivity index (χ3n) is 1.78. The lowest BCUT2D eigenvalue weighted by atomic mass is 10.4. The third kappa shape index (κ3) is 1.47. The molecular formula is C7H9Cl2N3. The smallest absolute Gasteiger partial charge is 0.134 e. The van der Waals surface area contributed by atoms with Crippen molar-refractivity contribution in [3.63, 3.8) is 0 Å². The zero-order chi connectivity index (χ0) is 7.84. The van der Waals surface area contributed by atoms with E-state index in [0.29, 0.717) is 5.16 Å². The summed E-state index contributed by atoms with van der Waals surface area (Å²) in [5.41, 5.74) is 0. The summed E-state index contributed by atoms with van der Waals surface area (Å²) in [5.74, 6) is 1.89. The van der Waals surface area contributed by atoms with Crippen molar-refractivity contribution in [2.24, 2.45) is 9.98 Å². The van der Waals surface area contributed by atoms with Crippen molar-refractivity contribution in [2.45, 2.75) is 6.92 Å². The second-order valence-corrected chi connectivity index (χ2v) is 2.90. The Morgan fingerprint density at radius 2 is 2.33 bits per heavy atom. The molecule has 2 heterocycles. The van der Waals surface area contributed by atoms with Gasteiger partial charge in [-0.25, -0.2) is 4.99 Å². The van der Waals surface area contributed by atoms with Crippen LogP contribution in [0.25, 0.3) is 0 Å². The fraction of sp³-hybridized carbons (Fsp3) is 0.429. The quantitative estimate of drug-likeness (QED) is 0.553. The monoisotopic (exact) mass is 205 g/mol. The maximum Gasteiger partial charge on any atom is 0.134 e. The molecule has 0 aromatic carbocycles. The Hall–Kier alpha value is -0.540. The molecule has 66 valence electrons. The van der Waals surface area contributed by atoms with Gasteiger partial charge in [0.15, 0.2) is 0 Å². The van der Waals surface area contributed by atoms with Crippen LogP contribution in [0.15, 0.2) is 21.2 Å². The first kappa shape index (κ1) is 9.55. The summed E-state index contributed by atoms with van der Waals surface area (Å²) in [7, 11) is 0. The number of aliphatic imine (C=N–C) groups is 2. The van der Waals surface area contributed by atoms with Gasteiger partial charge in [-0.1, -0.05) is 11.6 Å². The van der Waals surface area contributed by atoms with Gasteiger partial charge in [0.05, 0.1) is 6.54 Å². The van der Waals surface area contributed by atoms with E-state index < -0.39 is 0 Å². The van der Waals surface area contributed by atoms with Crippen molar-refractivity contribution < 1.29 is 0 Å². The molecule has 0 radical (unpaired) electrons. The first-order valence-electron chi connectivity index (χ1n) is 3.52. The van der Waals surface area contributed by atoms with Gasteiger partial charge in [-0.15, -0.1) is 12.4 Å². The van der Waals surface area contributed by atoms with Crippen molar-refractivity contribution >= 4 is 35.7 Å². The average molecular weight is 206 g/mol. The minimum absolute atomic E-state index is 0. The first-order valence-corrected chi connectivity index (χ1v) is 3.89. The summed E-state index contributed by atoms with van der Waals surface area (Å²) >= 11 is 5.74. The Kier molecular flexibility index (Phi) is 2.75. The molecule has 2 rings (SSSR count). The van der Waals surface area contributed by atoms with Gasteiger partial charge in [0.25, 0.3) is 0 Å². The van der Waals surface area contributed by atoms with E-state index in [4.69, 9.17) is 11.6 Å². The SMILES string of the molecule is CC1=NC(Cl)=CC2=NCCN12.Cl. The molecule has 3 nitrogen and oxygen atoms in total. The molecule has 0 saturated carbocycles. The van der Waals surface area contributed by atoms with Crippen molar-refractivity contribution in [3.05, 3.63) is 11.2 Å². The predicted molar refractivity (Wildman–Crippen MR) is 53.3 cm³/mol. The molecule has 0 saturated heterocycles. The summed E-state index contributed by atoms with van der Waals surface area (Å²) in [4.78, 5) is 10.4. The lowest BCUT2D eigenvalue weighted by Crippen LogP contribution is -2.33. The number of amidine groups is 2. The van der Waals surface area contributed by atoms with E-state index in [-0.39, 0.29) is 12.4 Å². The number of hydrogen-bond acceptors (Lipinski definition) is 3. The molecule has 0 atom stereocenters. The van der Waals surface area contributed by atoms with Gasteiger partial charge in [0.2, 0.25) is 0 Å². The number of halogens is 2. The number of rotatable bonds is 0. The number of fused-ring (bicyclic) bond motifs is 1. The largest absolute Gasteiger partial charge is 0.313 e. The Morgan fingerprint density at radius 3 is 3.08 bits per heavy atom. The molecule has 0 spiro atoms. The minimum atomic E-state index is 0. The second kappa shape index (κ2) is 3.46. The molecule has 0 aromatic rings. The molecule has 0 aromatic heterocycles. The van der Waals surface area contributed by atoms with E-state index in [1.54, 1.807) is 6.08 Å². The molecule has 0 bridgehead atoms. The predicted octanol–water partition coefficient (Wildman–Crippen LogP) is 1.63. The Balaban J connectivity index is 0.000000720. The maximum atomic E-state index is 5.74. The summed E-state index contributed by atoms with van der Waals surface area (Å²) in [6.45, 7) is 3.73. The zero-order valence-electron chi connectivity index (χ0n) is 6.62. The average Bonchev–Trinajstić information content (AvgIpc) is 2.34. The van der Waals surface area contributed by atoms with E-state index in [1.165, 1.54) is 0 Å². The molecule has 0 aliphatic carbocycles. The zero-order valence-corrected chi connectivity index (χ0v) is 8.19. The van der Waals surface area contributed by atoms with Crippen molar-refractivity contribution in [3.8, 4) is 0 Å². The normalized spacial score (nSPS) is 20.5. The minimum Gasteiger partial charge on any atom is -0.313 e. The summed E-state index contributed by atoms with van der Waals surface area (Å²) in [6.07, 6.45) is 1.79. The highest BCUT2D eigenvalue weighted by Crippen LogP contribution is 2.16. The molecule has 0 N–H and O–H groups in total. The van der Waals surface area contributed by atoms with E-state index in [0.717, 1.165) is 24.8 Å². The highest BCUT2D eigenvalue weighted by atomic mass is 35.5. The van der Waals surface area contributed by atoms with Crippen LogP contribution in [0.3, 0.4) is 0 Å². The Morgan fingerprint density at radius 1 is 1.58 bits per heavy atom. The molecule has 0 amide bonds. The molecular weight excluding hydrogens is 197 g/mol. The van der Waals surface area contributed by atoms with E-state index in [9.17, 15) is 0 Å². The van der Waals surface area contributed by atoms with Crippen molar-refractivity contribution in [2.75, 3.05) is 13.1 Å². The standard InChI is InChI=1S/C7H8ClN3.ClH/c1-5-10-6(8)4-7-9-2-3-11(5)7;/h4H,2-3H2,1H3;1H. The topological polar surface area (TPSA) is 28.0 Å². The van der Waals surface area contributed by atoms with E-state index in [2.05, 4.69) is 14.9 Å². The summed E-state index contributed by atoms with van der Waals surface area (Å²) in [5, 5.41) is 0.527. The summed E-state index contributed by atoms with van der Waals surface area (Å²) in [6, 6.07) is 0. The molecule has 2 aliphatic heterocycles. The molecule has 0 fully saturated rings. The van der Waals surface area contributed by atoms with Crippen LogP contribution in [0.2, 0.25) is 0 Å². The van der Waals surface area contributed by atoms with Crippen LogP contribution in [-0.4, -0.2) is 29.7 Å². The van der Waals surface area contributed by atoms with Crippen LogP contribution in [0.1, 0.15) is 6.92 Å².